The summed E-state index contributed by atoms with van der Waals surface area (Å²) in [4.78, 5) is 21.8. The molecule has 118 valence electrons. The fourth-order valence-electron chi connectivity index (χ4n) is 2.12. The normalized spacial score (nSPS) is 11.6. The minimum absolute atomic E-state index is 0.346. The number of thiophene rings is 1. The third-order valence-electron chi connectivity index (χ3n) is 3.71. The highest BCUT2D eigenvalue weighted by molar-refractivity contribution is 7.13. The van der Waals surface area contributed by atoms with E-state index in [0.29, 0.717) is 18.2 Å². The van der Waals surface area contributed by atoms with Gasteiger partial charge in [-0.05, 0) is 37.4 Å². The van der Waals surface area contributed by atoms with Crippen LogP contribution in [0.5, 0.6) is 0 Å². The zero-order chi connectivity index (χ0) is 16.4. The summed E-state index contributed by atoms with van der Waals surface area (Å²) in [7, 11) is 0. The van der Waals surface area contributed by atoms with E-state index in [4.69, 9.17) is 5.73 Å². The number of benzene rings is 1. The summed E-state index contributed by atoms with van der Waals surface area (Å²) in [6.45, 7) is 4.03. The average molecular weight is 326 g/mol. The molecule has 0 atom stereocenters. The van der Waals surface area contributed by atoms with Crippen molar-refractivity contribution in [2.24, 2.45) is 11.1 Å². The lowest BCUT2D eigenvalue weighted by molar-refractivity contribution is -0.125. The van der Waals surface area contributed by atoms with Crippen LogP contribution in [-0.2, 0) is 4.79 Å². The number of para-hydroxylation sites is 1. The summed E-state index contributed by atoms with van der Waals surface area (Å²) >= 11 is 1.59. The van der Waals surface area contributed by atoms with E-state index < -0.39 is 5.41 Å². The molecule has 0 radical (unpaired) electrons. The highest BCUT2D eigenvalue weighted by Crippen LogP contribution is 2.28. The minimum atomic E-state index is -0.658. The molecule has 2 aromatic heterocycles. The number of nitrogens with zero attached hydrogens (tertiary/aromatic N) is 2. The maximum Gasteiger partial charge on any atom is 0.224 e. The number of nitrogens with two attached hydrogens (primary N) is 1. The van der Waals surface area contributed by atoms with Gasteiger partial charge in [-0.25, -0.2) is 9.97 Å². The Kier molecular flexibility index (Phi) is 4.00. The largest absolute Gasteiger partial charge is 0.369 e. The quantitative estimate of drug-likeness (QED) is 0.754. The number of amides is 1. The van der Waals surface area contributed by atoms with E-state index in [1.807, 2.05) is 55.6 Å². The summed E-state index contributed by atoms with van der Waals surface area (Å²) in [5, 5.41) is 6.19. The topological polar surface area (TPSA) is 80.9 Å². The first-order chi connectivity index (χ1) is 11.0. The molecule has 3 aromatic rings. The fraction of sp³-hybridized carbons (Fsp3) is 0.235. The molecule has 0 bridgehead atoms. The molecule has 2 heterocycles. The second-order valence-corrected chi connectivity index (χ2v) is 6.94. The van der Waals surface area contributed by atoms with Crippen LogP contribution in [-0.4, -0.2) is 22.4 Å². The van der Waals surface area contributed by atoms with Crippen molar-refractivity contribution >= 4 is 34.0 Å². The number of carbonyl (C=O) groups is 1. The van der Waals surface area contributed by atoms with Crippen molar-refractivity contribution in [1.82, 2.24) is 9.97 Å². The molecule has 0 saturated carbocycles. The van der Waals surface area contributed by atoms with Gasteiger partial charge >= 0.3 is 0 Å². The first kappa shape index (κ1) is 15.4. The van der Waals surface area contributed by atoms with E-state index in [2.05, 4.69) is 15.3 Å². The summed E-state index contributed by atoms with van der Waals surface area (Å²) in [5.41, 5.74) is 5.65. The van der Waals surface area contributed by atoms with Crippen molar-refractivity contribution in [3.8, 4) is 10.7 Å². The summed E-state index contributed by atoms with van der Waals surface area (Å²) in [5.74, 6) is 1.05. The number of hydrogen-bond donors (Lipinski definition) is 2. The summed E-state index contributed by atoms with van der Waals surface area (Å²) < 4.78 is 0. The third-order valence-corrected chi connectivity index (χ3v) is 4.58. The third kappa shape index (κ3) is 3.17. The number of nitrogens with one attached hydrogen (secondary N) is 1. The van der Waals surface area contributed by atoms with E-state index in [1.165, 1.54) is 0 Å². The van der Waals surface area contributed by atoms with Crippen LogP contribution < -0.4 is 11.1 Å². The monoisotopic (exact) mass is 326 g/mol. The van der Waals surface area contributed by atoms with E-state index in [1.54, 1.807) is 11.3 Å². The van der Waals surface area contributed by atoms with Gasteiger partial charge in [-0.1, -0.05) is 18.2 Å². The molecule has 23 heavy (non-hydrogen) atoms. The Labute approximate surface area is 138 Å². The lowest BCUT2D eigenvalue weighted by atomic mass is 9.93. The lowest BCUT2D eigenvalue weighted by Gasteiger charge is -2.21. The maximum absolute atomic E-state index is 11.5. The van der Waals surface area contributed by atoms with Gasteiger partial charge in [0.1, 0.15) is 5.82 Å². The number of rotatable bonds is 5. The summed E-state index contributed by atoms with van der Waals surface area (Å²) in [6.07, 6.45) is 0. The second-order valence-electron chi connectivity index (χ2n) is 5.99. The van der Waals surface area contributed by atoms with Gasteiger partial charge < -0.3 is 11.1 Å². The molecule has 0 aliphatic rings. The van der Waals surface area contributed by atoms with Gasteiger partial charge in [0.05, 0.1) is 15.8 Å². The average Bonchev–Trinajstić information content (AvgIpc) is 3.06. The molecule has 0 aliphatic carbocycles. The number of carbonyl (C=O) groups excluding carboxylic acids is 1. The molecule has 0 saturated heterocycles. The Balaban J connectivity index is 2.02. The van der Waals surface area contributed by atoms with Crippen LogP contribution in [0.4, 0.5) is 5.82 Å². The van der Waals surface area contributed by atoms with Crippen molar-refractivity contribution in [2.45, 2.75) is 13.8 Å². The van der Waals surface area contributed by atoms with E-state index in [-0.39, 0.29) is 5.91 Å². The number of hydrogen-bond acceptors (Lipinski definition) is 5. The predicted molar refractivity (Wildman–Crippen MR) is 94.3 cm³/mol. The molecule has 3 rings (SSSR count). The SMILES string of the molecule is CC(C)(CNc1nc(-c2cccs2)nc2ccccc12)C(N)=O. The zero-order valence-corrected chi connectivity index (χ0v) is 13.9. The molecular weight excluding hydrogens is 308 g/mol. The van der Waals surface area contributed by atoms with Crippen LogP contribution in [0.2, 0.25) is 0 Å². The maximum atomic E-state index is 11.5. The van der Waals surface area contributed by atoms with Gasteiger partial charge in [-0.2, -0.15) is 0 Å². The molecule has 0 unspecified atom stereocenters. The Bertz CT molecular complexity index is 843. The van der Waals surface area contributed by atoms with Crippen molar-refractivity contribution < 1.29 is 4.79 Å². The lowest BCUT2D eigenvalue weighted by Crippen LogP contribution is -2.37. The van der Waals surface area contributed by atoms with E-state index >= 15 is 0 Å². The summed E-state index contributed by atoms with van der Waals surface area (Å²) in [6, 6.07) is 11.8. The standard InChI is InChI=1S/C17H18N4OS/c1-17(2,16(18)22)10-19-14-11-6-3-4-7-12(11)20-15(21-14)13-8-5-9-23-13/h3-9H,10H2,1-2H3,(H2,18,22)(H,19,20,21). The van der Waals surface area contributed by atoms with Crippen molar-refractivity contribution in [1.29, 1.82) is 0 Å². The van der Waals surface area contributed by atoms with Crippen molar-refractivity contribution in [3.05, 3.63) is 41.8 Å². The van der Waals surface area contributed by atoms with Gasteiger partial charge in [0.25, 0.3) is 0 Å². The highest BCUT2D eigenvalue weighted by Gasteiger charge is 2.25. The van der Waals surface area contributed by atoms with Crippen LogP contribution >= 0.6 is 11.3 Å². The highest BCUT2D eigenvalue weighted by atomic mass is 32.1. The van der Waals surface area contributed by atoms with Crippen LogP contribution in [0.1, 0.15) is 13.8 Å². The van der Waals surface area contributed by atoms with Gasteiger partial charge in [0.2, 0.25) is 5.91 Å². The molecule has 0 aliphatic heterocycles. The molecular formula is C17H18N4OS. The number of primary amides is 1. The molecule has 0 fully saturated rings. The van der Waals surface area contributed by atoms with Crippen molar-refractivity contribution in [3.63, 3.8) is 0 Å². The molecule has 6 heteroatoms. The first-order valence-corrected chi connectivity index (χ1v) is 8.20. The molecule has 5 nitrogen and oxygen atoms in total. The Morgan fingerprint density at radius 3 is 2.70 bits per heavy atom. The van der Waals surface area contributed by atoms with Crippen LogP contribution in [0, 0.1) is 5.41 Å². The Morgan fingerprint density at radius 2 is 2.00 bits per heavy atom. The fourth-order valence-corrected chi connectivity index (χ4v) is 2.78. The molecule has 1 amide bonds. The predicted octanol–water partition coefficient (Wildman–Crippen LogP) is 3.28. The number of anilines is 1. The molecule has 1 aromatic carbocycles. The van der Waals surface area contributed by atoms with E-state index in [9.17, 15) is 4.79 Å². The van der Waals surface area contributed by atoms with E-state index in [0.717, 1.165) is 15.8 Å². The molecule has 3 N–H and O–H groups in total. The minimum Gasteiger partial charge on any atom is -0.369 e. The van der Waals surface area contributed by atoms with Crippen LogP contribution in [0.15, 0.2) is 41.8 Å². The second kappa shape index (κ2) is 5.96. The van der Waals surface area contributed by atoms with Gasteiger partial charge in [0.15, 0.2) is 5.82 Å². The number of fused-ring (bicyclic) bond motifs is 1. The Hall–Kier alpha value is -2.47. The number of aromatic nitrogens is 2. The zero-order valence-electron chi connectivity index (χ0n) is 13.0. The smallest absolute Gasteiger partial charge is 0.224 e. The first-order valence-electron chi connectivity index (χ1n) is 7.32. The van der Waals surface area contributed by atoms with Crippen LogP contribution in [0.25, 0.3) is 21.6 Å². The van der Waals surface area contributed by atoms with Gasteiger partial charge in [-0.15, -0.1) is 11.3 Å². The molecule has 0 spiro atoms. The van der Waals surface area contributed by atoms with Gasteiger partial charge in [0, 0.05) is 11.9 Å². The van der Waals surface area contributed by atoms with Crippen molar-refractivity contribution in [2.75, 3.05) is 11.9 Å². The van der Waals surface area contributed by atoms with Crippen LogP contribution in [0.3, 0.4) is 0 Å². The van der Waals surface area contributed by atoms with Gasteiger partial charge in [-0.3, -0.25) is 4.79 Å². The Morgan fingerprint density at radius 1 is 1.22 bits per heavy atom.